The standard InChI is InChI=1S/C26H33N3O4S/c1-6-13-29-25(16-33-23-11-12-24(18(2)3)19(4)14-23)27-28-26(29)34-17-20(30)15-32-22-9-7-21(31-5)8-10-22/h6-12,14,18,20,30H,1,13,15-17H2,2-5H3/t20-/m1/s1. The number of rotatable bonds is 13. The van der Waals surface area contributed by atoms with Crippen molar-refractivity contribution in [2.45, 2.75) is 51.1 Å². The molecule has 1 heterocycles. The molecule has 1 aromatic heterocycles. The highest BCUT2D eigenvalue weighted by atomic mass is 32.2. The van der Waals surface area contributed by atoms with Crippen LogP contribution in [0.4, 0.5) is 0 Å². The van der Waals surface area contributed by atoms with E-state index >= 15 is 0 Å². The van der Waals surface area contributed by atoms with E-state index in [2.05, 4.69) is 49.7 Å². The highest BCUT2D eigenvalue weighted by Gasteiger charge is 2.15. The van der Waals surface area contributed by atoms with Gasteiger partial charge in [0.2, 0.25) is 0 Å². The van der Waals surface area contributed by atoms with Crippen LogP contribution in [-0.4, -0.2) is 45.4 Å². The van der Waals surface area contributed by atoms with Crippen LogP contribution < -0.4 is 14.2 Å². The smallest absolute Gasteiger partial charge is 0.191 e. The summed E-state index contributed by atoms with van der Waals surface area (Å²) in [5.41, 5.74) is 2.53. The molecule has 0 fully saturated rings. The lowest BCUT2D eigenvalue weighted by atomic mass is 9.98. The summed E-state index contributed by atoms with van der Waals surface area (Å²) in [4.78, 5) is 0. The van der Waals surface area contributed by atoms with Crippen LogP contribution in [0.5, 0.6) is 17.2 Å². The lowest BCUT2D eigenvalue weighted by Crippen LogP contribution is -2.20. The Morgan fingerprint density at radius 1 is 1.06 bits per heavy atom. The van der Waals surface area contributed by atoms with Gasteiger partial charge in [0, 0.05) is 12.3 Å². The van der Waals surface area contributed by atoms with Gasteiger partial charge in [-0.3, -0.25) is 4.57 Å². The van der Waals surface area contributed by atoms with Crippen molar-refractivity contribution in [1.82, 2.24) is 14.8 Å². The number of nitrogens with zero attached hydrogens (tertiary/aromatic N) is 3. The predicted molar refractivity (Wildman–Crippen MR) is 135 cm³/mol. The number of aliphatic hydroxyl groups is 1. The first-order valence-corrected chi connectivity index (χ1v) is 12.2. The van der Waals surface area contributed by atoms with Crippen LogP contribution in [0.15, 0.2) is 60.3 Å². The lowest BCUT2D eigenvalue weighted by molar-refractivity contribution is 0.126. The summed E-state index contributed by atoms with van der Waals surface area (Å²) >= 11 is 1.42. The molecule has 0 saturated carbocycles. The topological polar surface area (TPSA) is 78.6 Å². The maximum atomic E-state index is 10.4. The number of aryl methyl sites for hydroxylation is 1. The molecule has 182 valence electrons. The van der Waals surface area contributed by atoms with Gasteiger partial charge >= 0.3 is 0 Å². The maximum absolute atomic E-state index is 10.4. The second-order valence-electron chi connectivity index (χ2n) is 8.21. The minimum Gasteiger partial charge on any atom is -0.497 e. The van der Waals surface area contributed by atoms with E-state index in [-0.39, 0.29) is 6.61 Å². The van der Waals surface area contributed by atoms with Crippen molar-refractivity contribution in [2.75, 3.05) is 19.5 Å². The van der Waals surface area contributed by atoms with Gasteiger partial charge in [0.05, 0.1) is 13.2 Å². The van der Waals surface area contributed by atoms with E-state index < -0.39 is 6.10 Å². The molecule has 34 heavy (non-hydrogen) atoms. The average Bonchev–Trinajstić information content (AvgIpc) is 3.21. The van der Waals surface area contributed by atoms with Gasteiger partial charge in [0.25, 0.3) is 0 Å². The van der Waals surface area contributed by atoms with E-state index in [9.17, 15) is 5.11 Å². The van der Waals surface area contributed by atoms with Gasteiger partial charge in [-0.2, -0.15) is 0 Å². The molecule has 0 spiro atoms. The average molecular weight is 484 g/mol. The molecule has 7 nitrogen and oxygen atoms in total. The summed E-state index contributed by atoms with van der Waals surface area (Å²) in [6.45, 7) is 11.3. The van der Waals surface area contributed by atoms with Gasteiger partial charge < -0.3 is 19.3 Å². The number of hydrogen-bond acceptors (Lipinski definition) is 7. The second kappa shape index (κ2) is 12.5. The van der Waals surface area contributed by atoms with Crippen molar-refractivity contribution in [3.05, 3.63) is 72.1 Å². The van der Waals surface area contributed by atoms with Gasteiger partial charge in [-0.25, -0.2) is 0 Å². The Balaban J connectivity index is 1.55. The van der Waals surface area contributed by atoms with Crippen LogP contribution in [0.1, 0.15) is 36.7 Å². The molecule has 0 bridgehead atoms. The first-order valence-electron chi connectivity index (χ1n) is 11.2. The highest BCUT2D eigenvalue weighted by molar-refractivity contribution is 7.99. The van der Waals surface area contributed by atoms with Crippen molar-refractivity contribution in [1.29, 1.82) is 0 Å². The molecular weight excluding hydrogens is 450 g/mol. The molecule has 0 unspecified atom stereocenters. The van der Waals surface area contributed by atoms with Crippen molar-refractivity contribution in [3.63, 3.8) is 0 Å². The Bertz CT molecular complexity index is 1070. The van der Waals surface area contributed by atoms with Crippen LogP contribution in [0.25, 0.3) is 0 Å². The van der Waals surface area contributed by atoms with E-state index in [4.69, 9.17) is 14.2 Å². The third-order valence-electron chi connectivity index (χ3n) is 5.24. The van der Waals surface area contributed by atoms with Gasteiger partial charge in [0.1, 0.15) is 30.5 Å². The number of benzene rings is 2. The summed E-state index contributed by atoms with van der Waals surface area (Å²) in [6.07, 6.45) is 1.13. The van der Waals surface area contributed by atoms with Crippen molar-refractivity contribution in [3.8, 4) is 17.2 Å². The molecule has 8 heteroatoms. The minimum absolute atomic E-state index is 0.177. The molecule has 2 aromatic carbocycles. The fourth-order valence-electron chi connectivity index (χ4n) is 3.46. The Morgan fingerprint density at radius 3 is 2.41 bits per heavy atom. The number of methoxy groups -OCH3 is 1. The molecule has 0 aliphatic carbocycles. The fourth-order valence-corrected chi connectivity index (χ4v) is 4.33. The maximum Gasteiger partial charge on any atom is 0.191 e. The minimum atomic E-state index is -0.664. The van der Waals surface area contributed by atoms with Gasteiger partial charge in [-0.1, -0.05) is 37.8 Å². The molecule has 0 radical (unpaired) electrons. The molecule has 3 rings (SSSR count). The summed E-state index contributed by atoms with van der Waals surface area (Å²) in [7, 11) is 1.62. The fraction of sp³-hybridized carbons (Fsp3) is 0.385. The highest BCUT2D eigenvalue weighted by Crippen LogP contribution is 2.25. The van der Waals surface area contributed by atoms with Crippen LogP contribution in [0.2, 0.25) is 0 Å². The Morgan fingerprint density at radius 2 is 1.76 bits per heavy atom. The van der Waals surface area contributed by atoms with E-state index in [1.807, 2.05) is 34.9 Å². The first kappa shape index (κ1) is 25.6. The number of thioether (sulfide) groups is 1. The first-order chi connectivity index (χ1) is 16.4. The quantitative estimate of drug-likeness (QED) is 0.270. The van der Waals surface area contributed by atoms with Crippen LogP contribution in [0.3, 0.4) is 0 Å². The zero-order chi connectivity index (χ0) is 24.5. The molecule has 0 aliphatic rings. The number of hydrogen-bond donors (Lipinski definition) is 1. The Labute approximate surface area is 205 Å². The third-order valence-corrected chi connectivity index (χ3v) is 6.35. The molecule has 1 atom stereocenters. The number of ether oxygens (including phenoxy) is 3. The van der Waals surface area contributed by atoms with E-state index in [1.165, 1.54) is 22.9 Å². The SMILES string of the molecule is C=CCn1c(COc2ccc(C(C)C)c(C)c2)nnc1SC[C@H](O)COc1ccc(OC)cc1. The Kier molecular flexibility index (Phi) is 9.42. The summed E-state index contributed by atoms with van der Waals surface area (Å²) < 4.78 is 18.7. The zero-order valence-corrected chi connectivity index (χ0v) is 21.0. The molecule has 1 N–H and O–H groups in total. The normalized spacial score (nSPS) is 11.9. The van der Waals surface area contributed by atoms with Crippen molar-refractivity contribution in [2.24, 2.45) is 0 Å². The largest absolute Gasteiger partial charge is 0.497 e. The van der Waals surface area contributed by atoms with Crippen LogP contribution >= 0.6 is 11.8 Å². The molecule has 0 aliphatic heterocycles. The van der Waals surface area contributed by atoms with Crippen LogP contribution in [-0.2, 0) is 13.2 Å². The number of aliphatic hydroxyl groups excluding tert-OH is 1. The molecule has 3 aromatic rings. The second-order valence-corrected chi connectivity index (χ2v) is 9.20. The number of aromatic nitrogens is 3. The van der Waals surface area contributed by atoms with Gasteiger partial charge in [-0.05, 0) is 60.4 Å². The van der Waals surface area contributed by atoms with Crippen molar-refractivity contribution >= 4 is 11.8 Å². The van der Waals surface area contributed by atoms with Crippen LogP contribution in [0, 0.1) is 6.92 Å². The summed E-state index contributed by atoms with van der Waals surface area (Å²) in [5, 5.41) is 19.7. The lowest BCUT2D eigenvalue weighted by Gasteiger charge is -2.14. The van der Waals surface area contributed by atoms with E-state index in [0.717, 1.165) is 11.5 Å². The van der Waals surface area contributed by atoms with Gasteiger partial charge in [-0.15, -0.1) is 16.8 Å². The van der Waals surface area contributed by atoms with Crippen molar-refractivity contribution < 1.29 is 19.3 Å². The summed E-state index contributed by atoms with van der Waals surface area (Å²) in [6, 6.07) is 13.4. The predicted octanol–water partition coefficient (Wildman–Crippen LogP) is 5.02. The van der Waals surface area contributed by atoms with E-state index in [1.54, 1.807) is 13.2 Å². The molecule has 0 saturated heterocycles. The zero-order valence-electron chi connectivity index (χ0n) is 20.2. The Hall–Kier alpha value is -2.97. The third kappa shape index (κ3) is 7.01. The van der Waals surface area contributed by atoms with E-state index in [0.29, 0.717) is 41.6 Å². The molecule has 0 amide bonds. The van der Waals surface area contributed by atoms with Gasteiger partial charge in [0.15, 0.2) is 11.0 Å². The summed E-state index contributed by atoms with van der Waals surface area (Å²) in [5.74, 6) is 3.83. The molecular formula is C26H33N3O4S. The number of allylic oxidation sites excluding steroid dienone is 1. The monoisotopic (exact) mass is 483 g/mol.